The molecule has 0 aromatic carbocycles. The van der Waals surface area contributed by atoms with Gasteiger partial charge in [-0.25, -0.2) is 0 Å². The summed E-state index contributed by atoms with van der Waals surface area (Å²) in [6.45, 7) is 13.2. The Morgan fingerprint density at radius 2 is 1.71 bits per heavy atom. The van der Waals surface area contributed by atoms with Gasteiger partial charge in [-0.05, 0) is 31.6 Å². The van der Waals surface area contributed by atoms with Crippen molar-refractivity contribution in [1.29, 1.82) is 0 Å². The molecule has 0 radical (unpaired) electrons. The summed E-state index contributed by atoms with van der Waals surface area (Å²) >= 11 is 0. The van der Waals surface area contributed by atoms with Gasteiger partial charge in [-0.1, -0.05) is 34.6 Å². The molecule has 0 saturated carbocycles. The zero-order valence-corrected chi connectivity index (χ0v) is 12.3. The van der Waals surface area contributed by atoms with Crippen LogP contribution in [0.3, 0.4) is 0 Å². The van der Waals surface area contributed by atoms with Crippen LogP contribution in [0.5, 0.6) is 0 Å². The number of carbonyl (C=O) groups is 1. The summed E-state index contributed by atoms with van der Waals surface area (Å²) in [4.78, 5) is 11.3. The molecule has 3 nitrogen and oxygen atoms in total. The molecule has 0 aromatic heterocycles. The van der Waals surface area contributed by atoms with Gasteiger partial charge >= 0.3 is 5.97 Å². The molecule has 0 aliphatic heterocycles. The van der Waals surface area contributed by atoms with E-state index in [1.807, 2.05) is 13.8 Å². The van der Waals surface area contributed by atoms with Crippen LogP contribution >= 0.6 is 0 Å². The Hall–Kier alpha value is -0.570. The summed E-state index contributed by atoms with van der Waals surface area (Å²) in [5.41, 5.74) is -0.330. The molecule has 0 fully saturated rings. The van der Waals surface area contributed by atoms with Crippen LogP contribution in [0.25, 0.3) is 0 Å². The number of hydrogen-bond donors (Lipinski definition) is 2. The van der Waals surface area contributed by atoms with Crippen LogP contribution in [-0.4, -0.2) is 23.7 Å². The number of hydrogen-bond acceptors (Lipinski definition) is 2. The van der Waals surface area contributed by atoms with Crippen molar-refractivity contribution < 1.29 is 9.90 Å². The van der Waals surface area contributed by atoms with Gasteiger partial charge in [0.1, 0.15) is 0 Å². The van der Waals surface area contributed by atoms with E-state index in [1.165, 1.54) is 0 Å². The fourth-order valence-corrected chi connectivity index (χ4v) is 2.24. The molecule has 0 aromatic rings. The molecular formula is C14H29NO2. The fraction of sp³-hybridized carbons (Fsp3) is 0.929. The van der Waals surface area contributed by atoms with Crippen LogP contribution in [0, 0.1) is 10.8 Å². The molecule has 17 heavy (non-hydrogen) atoms. The molecule has 1 atom stereocenters. The first kappa shape index (κ1) is 16.4. The molecule has 0 spiro atoms. The van der Waals surface area contributed by atoms with E-state index in [-0.39, 0.29) is 5.41 Å². The summed E-state index contributed by atoms with van der Waals surface area (Å²) in [7, 11) is 0. The van der Waals surface area contributed by atoms with Gasteiger partial charge < -0.3 is 10.4 Å². The van der Waals surface area contributed by atoms with Gasteiger partial charge in [0.25, 0.3) is 0 Å². The predicted octanol–water partition coefficient (Wildman–Crippen LogP) is 3.29. The third kappa shape index (κ3) is 5.53. The van der Waals surface area contributed by atoms with Crippen LogP contribution in [-0.2, 0) is 4.79 Å². The zero-order valence-electron chi connectivity index (χ0n) is 12.3. The van der Waals surface area contributed by atoms with Gasteiger partial charge in [-0.2, -0.15) is 0 Å². The third-order valence-electron chi connectivity index (χ3n) is 3.51. The first-order valence-corrected chi connectivity index (χ1v) is 6.63. The molecular weight excluding hydrogens is 214 g/mol. The predicted molar refractivity (Wildman–Crippen MR) is 72.2 cm³/mol. The molecule has 3 heteroatoms. The Labute approximate surface area is 106 Å². The smallest absolute Gasteiger partial charge is 0.310 e. The molecule has 0 amide bonds. The van der Waals surface area contributed by atoms with Gasteiger partial charge in [0.15, 0.2) is 0 Å². The lowest BCUT2D eigenvalue weighted by atomic mass is 9.81. The normalized spacial score (nSPS) is 14.7. The van der Waals surface area contributed by atoms with Gasteiger partial charge in [-0.3, -0.25) is 4.79 Å². The van der Waals surface area contributed by atoms with E-state index in [1.54, 1.807) is 0 Å². The first-order chi connectivity index (χ1) is 7.67. The molecule has 102 valence electrons. The summed E-state index contributed by atoms with van der Waals surface area (Å²) in [6.07, 6.45) is 2.40. The monoisotopic (exact) mass is 243 g/mol. The first-order valence-electron chi connectivity index (χ1n) is 6.63. The Kier molecular flexibility index (Phi) is 6.17. The van der Waals surface area contributed by atoms with E-state index in [9.17, 15) is 9.90 Å². The quantitative estimate of drug-likeness (QED) is 0.721. The maximum Gasteiger partial charge on any atom is 0.310 e. The van der Waals surface area contributed by atoms with Crippen molar-refractivity contribution in [2.24, 2.45) is 10.8 Å². The molecule has 2 N–H and O–H groups in total. The molecule has 1 unspecified atom stereocenters. The van der Waals surface area contributed by atoms with Crippen LogP contribution in [0.15, 0.2) is 0 Å². The molecule has 0 saturated heterocycles. The highest BCUT2D eigenvalue weighted by molar-refractivity contribution is 5.74. The third-order valence-corrected chi connectivity index (χ3v) is 3.51. The fourth-order valence-electron chi connectivity index (χ4n) is 2.24. The molecule has 0 aliphatic rings. The van der Waals surface area contributed by atoms with Gasteiger partial charge in [0.05, 0.1) is 5.41 Å². The van der Waals surface area contributed by atoms with Gasteiger partial charge in [0, 0.05) is 12.6 Å². The lowest BCUT2D eigenvalue weighted by Crippen LogP contribution is -2.44. The van der Waals surface area contributed by atoms with Crippen molar-refractivity contribution >= 4 is 5.97 Å². The summed E-state index contributed by atoms with van der Waals surface area (Å²) < 4.78 is 0. The lowest BCUT2D eigenvalue weighted by Gasteiger charge is -2.31. The highest BCUT2D eigenvalue weighted by atomic mass is 16.4. The van der Waals surface area contributed by atoms with Crippen LogP contribution < -0.4 is 5.32 Å². The Morgan fingerprint density at radius 1 is 1.24 bits per heavy atom. The second-order valence-corrected chi connectivity index (χ2v) is 6.34. The van der Waals surface area contributed by atoms with Crippen molar-refractivity contribution in [1.82, 2.24) is 5.32 Å². The maximum atomic E-state index is 11.3. The van der Waals surface area contributed by atoms with Crippen LogP contribution in [0.4, 0.5) is 0 Å². The van der Waals surface area contributed by atoms with Crippen LogP contribution in [0.1, 0.15) is 60.8 Å². The molecule has 0 heterocycles. The molecule has 0 bridgehead atoms. The number of carboxylic acids is 1. The highest BCUT2D eigenvalue weighted by Crippen LogP contribution is 2.27. The van der Waals surface area contributed by atoms with Crippen molar-refractivity contribution in [3.63, 3.8) is 0 Å². The van der Waals surface area contributed by atoms with E-state index in [0.717, 1.165) is 6.42 Å². The van der Waals surface area contributed by atoms with Crippen molar-refractivity contribution in [2.75, 3.05) is 6.54 Å². The van der Waals surface area contributed by atoms with Crippen molar-refractivity contribution in [2.45, 2.75) is 66.8 Å². The highest BCUT2D eigenvalue weighted by Gasteiger charge is 2.34. The maximum absolute atomic E-state index is 11.3. The largest absolute Gasteiger partial charge is 0.481 e. The standard InChI is InChI=1S/C14H29NO2/c1-7-14(8-2,12(16)17)10-15-11(3)9-13(4,5)6/h11,15H,7-10H2,1-6H3,(H,16,17). The average molecular weight is 243 g/mol. The number of nitrogens with one attached hydrogen (secondary N) is 1. The molecule has 0 rings (SSSR count). The molecule has 0 aliphatic carbocycles. The minimum atomic E-state index is -0.682. The summed E-state index contributed by atoms with van der Waals surface area (Å²) in [5, 5.41) is 12.7. The van der Waals surface area contributed by atoms with Gasteiger partial charge in [-0.15, -0.1) is 0 Å². The summed E-state index contributed by atoms with van der Waals surface area (Å²) in [5.74, 6) is -0.682. The second-order valence-electron chi connectivity index (χ2n) is 6.34. The minimum absolute atomic E-state index is 0.275. The van der Waals surface area contributed by atoms with E-state index in [4.69, 9.17) is 0 Å². The number of rotatable bonds is 7. The zero-order chi connectivity index (χ0) is 13.7. The Morgan fingerprint density at radius 3 is 2.00 bits per heavy atom. The Balaban J connectivity index is 4.37. The van der Waals surface area contributed by atoms with E-state index in [0.29, 0.717) is 25.4 Å². The minimum Gasteiger partial charge on any atom is -0.481 e. The second kappa shape index (κ2) is 6.39. The van der Waals surface area contributed by atoms with E-state index < -0.39 is 11.4 Å². The van der Waals surface area contributed by atoms with Gasteiger partial charge in [0.2, 0.25) is 0 Å². The number of aliphatic carboxylic acids is 1. The summed E-state index contributed by atoms with van der Waals surface area (Å²) in [6, 6.07) is 0.354. The van der Waals surface area contributed by atoms with Crippen molar-refractivity contribution in [3.8, 4) is 0 Å². The van der Waals surface area contributed by atoms with Crippen LogP contribution in [0.2, 0.25) is 0 Å². The lowest BCUT2D eigenvalue weighted by molar-refractivity contribution is -0.149. The van der Waals surface area contributed by atoms with E-state index >= 15 is 0 Å². The number of carboxylic acid groups (broad SMARTS) is 1. The van der Waals surface area contributed by atoms with Crippen molar-refractivity contribution in [3.05, 3.63) is 0 Å². The average Bonchev–Trinajstić information content (AvgIpc) is 2.17. The van der Waals surface area contributed by atoms with E-state index in [2.05, 4.69) is 33.0 Å². The Bertz CT molecular complexity index is 239. The SMILES string of the molecule is CCC(CC)(CNC(C)CC(C)(C)C)C(=O)O. The topological polar surface area (TPSA) is 49.3 Å².